The highest BCUT2D eigenvalue weighted by Crippen LogP contribution is 2.32. The molecule has 0 unspecified atom stereocenters. The summed E-state index contributed by atoms with van der Waals surface area (Å²) in [5.41, 5.74) is 4.96. The first-order chi connectivity index (χ1) is 16.1. The van der Waals surface area contributed by atoms with Gasteiger partial charge in [-0.15, -0.1) is 0 Å². The number of rotatable bonds is 6. The molecule has 7 heteroatoms. The van der Waals surface area contributed by atoms with Gasteiger partial charge >= 0.3 is 0 Å². The number of nitrogens with zero attached hydrogens (tertiary/aromatic N) is 2. The molecule has 33 heavy (non-hydrogen) atoms. The number of carbonyl (C=O) groups is 2. The number of benzene rings is 2. The molecule has 3 aromatic rings. The molecule has 0 aliphatic carbocycles. The maximum absolute atomic E-state index is 12.9. The molecule has 1 aromatic heterocycles. The van der Waals surface area contributed by atoms with Crippen molar-refractivity contribution >= 4 is 34.9 Å². The number of hydrogen-bond acceptors (Lipinski definition) is 4. The number of aryl methyl sites for hydroxylation is 2. The molecule has 0 radical (unpaired) electrons. The van der Waals surface area contributed by atoms with E-state index in [9.17, 15) is 9.59 Å². The first-order valence-electron chi connectivity index (χ1n) is 11.3. The molecule has 3 heterocycles. The highest BCUT2D eigenvalue weighted by molar-refractivity contribution is 6.35. The van der Waals surface area contributed by atoms with Crippen molar-refractivity contribution in [2.24, 2.45) is 0 Å². The summed E-state index contributed by atoms with van der Waals surface area (Å²) in [6.07, 6.45) is 3.83. The molecule has 0 saturated carbocycles. The van der Waals surface area contributed by atoms with Crippen LogP contribution in [0.5, 0.6) is 0 Å². The van der Waals surface area contributed by atoms with Gasteiger partial charge in [-0.1, -0.05) is 35.9 Å². The molecule has 5 rings (SSSR count). The van der Waals surface area contributed by atoms with Crippen LogP contribution in [-0.4, -0.2) is 29.9 Å². The lowest BCUT2D eigenvalue weighted by molar-refractivity contribution is 0.0950. The van der Waals surface area contributed by atoms with E-state index in [1.165, 1.54) is 5.56 Å². The van der Waals surface area contributed by atoms with E-state index >= 15 is 0 Å². The summed E-state index contributed by atoms with van der Waals surface area (Å²) in [5, 5.41) is 6.79. The van der Waals surface area contributed by atoms with E-state index in [-0.39, 0.29) is 11.8 Å². The number of pyridine rings is 1. The van der Waals surface area contributed by atoms with E-state index in [2.05, 4.69) is 22.8 Å². The van der Waals surface area contributed by atoms with Gasteiger partial charge in [-0.3, -0.25) is 9.59 Å². The minimum atomic E-state index is -0.154. The van der Waals surface area contributed by atoms with E-state index in [0.717, 1.165) is 49.3 Å². The summed E-state index contributed by atoms with van der Waals surface area (Å²) in [6.45, 7) is 1.97. The number of anilines is 2. The van der Waals surface area contributed by atoms with Crippen molar-refractivity contribution in [1.82, 2.24) is 10.3 Å². The summed E-state index contributed by atoms with van der Waals surface area (Å²) in [4.78, 5) is 31.9. The van der Waals surface area contributed by atoms with Crippen LogP contribution in [-0.2, 0) is 19.4 Å². The van der Waals surface area contributed by atoms with Gasteiger partial charge in [-0.2, -0.15) is 0 Å². The Kier molecular flexibility index (Phi) is 6.01. The Morgan fingerprint density at radius 1 is 1.12 bits per heavy atom. The lowest BCUT2D eigenvalue weighted by Crippen LogP contribution is -2.26. The molecule has 2 aliphatic heterocycles. The fourth-order valence-corrected chi connectivity index (χ4v) is 4.70. The van der Waals surface area contributed by atoms with Gasteiger partial charge in [0.15, 0.2) is 0 Å². The molecule has 2 aliphatic rings. The first-order valence-corrected chi connectivity index (χ1v) is 11.7. The van der Waals surface area contributed by atoms with Crippen molar-refractivity contribution in [3.63, 3.8) is 0 Å². The van der Waals surface area contributed by atoms with Gasteiger partial charge in [0.25, 0.3) is 11.8 Å². The lowest BCUT2D eigenvalue weighted by atomic mass is 10.1. The number of fused-ring (bicyclic) bond motifs is 2. The molecule has 2 amide bonds. The van der Waals surface area contributed by atoms with E-state index in [0.29, 0.717) is 34.9 Å². The van der Waals surface area contributed by atoms with Crippen LogP contribution in [0.1, 0.15) is 50.4 Å². The fraction of sp³-hybridized carbons (Fsp3) is 0.269. The van der Waals surface area contributed by atoms with E-state index in [4.69, 9.17) is 16.6 Å². The quantitative estimate of drug-likeness (QED) is 0.526. The second-order valence-electron chi connectivity index (χ2n) is 8.42. The number of aromatic nitrogens is 1. The van der Waals surface area contributed by atoms with Crippen LogP contribution < -0.4 is 15.5 Å². The van der Waals surface area contributed by atoms with Crippen molar-refractivity contribution in [3.8, 4) is 0 Å². The summed E-state index contributed by atoms with van der Waals surface area (Å²) in [6, 6.07) is 16.9. The summed E-state index contributed by atoms with van der Waals surface area (Å²) in [7, 11) is 0. The van der Waals surface area contributed by atoms with E-state index in [1.807, 2.05) is 18.2 Å². The van der Waals surface area contributed by atoms with Gasteiger partial charge in [-0.05, 0) is 67.1 Å². The number of carbonyl (C=O) groups excluding carboxylic acids is 2. The first kappa shape index (κ1) is 21.5. The third-order valence-electron chi connectivity index (χ3n) is 6.15. The van der Waals surface area contributed by atoms with Gasteiger partial charge in [0, 0.05) is 30.0 Å². The monoisotopic (exact) mass is 460 g/mol. The van der Waals surface area contributed by atoms with Gasteiger partial charge in [0.2, 0.25) is 0 Å². The minimum Gasteiger partial charge on any atom is -0.370 e. The molecule has 0 fully saturated rings. The smallest absolute Gasteiger partial charge is 0.260 e. The summed E-state index contributed by atoms with van der Waals surface area (Å²) < 4.78 is 0. The Hall–Kier alpha value is -3.38. The van der Waals surface area contributed by atoms with Crippen LogP contribution in [0.3, 0.4) is 0 Å². The topological polar surface area (TPSA) is 74.3 Å². The number of halogens is 1. The van der Waals surface area contributed by atoms with Gasteiger partial charge in [0.1, 0.15) is 5.82 Å². The Bertz CT molecular complexity index is 1230. The maximum atomic E-state index is 12.9. The van der Waals surface area contributed by atoms with Crippen LogP contribution in [0.15, 0.2) is 54.6 Å². The SMILES string of the molecule is O=C(NCCCc1ccc2c(n1)NCCC2)c1cccc(N2Cc3cccc(Cl)c3C2=O)c1. The Labute approximate surface area is 198 Å². The largest absolute Gasteiger partial charge is 0.370 e. The van der Waals surface area contributed by atoms with Crippen molar-refractivity contribution in [2.75, 3.05) is 23.3 Å². The van der Waals surface area contributed by atoms with Gasteiger partial charge in [-0.25, -0.2) is 4.98 Å². The highest BCUT2D eigenvalue weighted by atomic mass is 35.5. The van der Waals surface area contributed by atoms with Crippen LogP contribution in [0, 0.1) is 0 Å². The molecule has 0 spiro atoms. The van der Waals surface area contributed by atoms with E-state index in [1.54, 1.807) is 29.2 Å². The predicted octanol–water partition coefficient (Wildman–Crippen LogP) is 4.62. The number of amides is 2. The molecule has 0 atom stereocenters. The molecule has 168 valence electrons. The Morgan fingerprint density at radius 2 is 2.00 bits per heavy atom. The van der Waals surface area contributed by atoms with Gasteiger partial charge in [0.05, 0.1) is 17.1 Å². The zero-order valence-electron chi connectivity index (χ0n) is 18.2. The summed E-state index contributed by atoms with van der Waals surface area (Å²) in [5.74, 6) is 0.707. The normalized spacial score (nSPS) is 14.5. The fourth-order valence-electron chi connectivity index (χ4n) is 4.42. The van der Waals surface area contributed by atoms with Crippen molar-refractivity contribution < 1.29 is 9.59 Å². The third kappa shape index (κ3) is 4.44. The lowest BCUT2D eigenvalue weighted by Gasteiger charge is -2.17. The molecule has 2 N–H and O–H groups in total. The predicted molar refractivity (Wildman–Crippen MR) is 130 cm³/mol. The third-order valence-corrected chi connectivity index (χ3v) is 6.47. The standard InChI is InChI=1S/C26H25ClN4O2/c27-22-10-2-6-19-16-31(26(33)23(19)22)21-9-1-5-18(15-21)25(32)29-14-4-8-20-12-11-17-7-3-13-28-24(17)30-20/h1-2,5-6,9-12,15H,3-4,7-8,13-14,16H2,(H,28,30)(H,29,32). The Morgan fingerprint density at radius 3 is 2.88 bits per heavy atom. The van der Waals surface area contributed by atoms with Crippen molar-refractivity contribution in [3.05, 3.63) is 87.6 Å². The van der Waals surface area contributed by atoms with Crippen molar-refractivity contribution in [1.29, 1.82) is 0 Å². The highest BCUT2D eigenvalue weighted by Gasteiger charge is 2.30. The second kappa shape index (κ2) is 9.24. The molecular formula is C26H25ClN4O2. The number of nitrogens with one attached hydrogen (secondary N) is 2. The molecule has 0 bridgehead atoms. The van der Waals surface area contributed by atoms with Crippen LogP contribution in [0.25, 0.3) is 0 Å². The molecule has 2 aromatic carbocycles. The minimum absolute atomic E-state index is 0.139. The average molecular weight is 461 g/mol. The Balaban J connectivity index is 1.18. The molecule has 6 nitrogen and oxygen atoms in total. The van der Waals surface area contributed by atoms with Gasteiger partial charge < -0.3 is 15.5 Å². The number of hydrogen-bond donors (Lipinski definition) is 2. The second-order valence-corrected chi connectivity index (χ2v) is 8.82. The van der Waals surface area contributed by atoms with Crippen LogP contribution >= 0.6 is 11.6 Å². The molecule has 0 saturated heterocycles. The van der Waals surface area contributed by atoms with E-state index < -0.39 is 0 Å². The van der Waals surface area contributed by atoms with Crippen molar-refractivity contribution in [2.45, 2.75) is 32.2 Å². The zero-order valence-corrected chi connectivity index (χ0v) is 19.0. The molecular weight excluding hydrogens is 436 g/mol. The maximum Gasteiger partial charge on any atom is 0.260 e. The van der Waals surface area contributed by atoms with Crippen LogP contribution in [0.2, 0.25) is 5.02 Å². The average Bonchev–Trinajstić information content (AvgIpc) is 3.19. The van der Waals surface area contributed by atoms with Crippen LogP contribution in [0.4, 0.5) is 11.5 Å². The summed E-state index contributed by atoms with van der Waals surface area (Å²) >= 11 is 6.23. The zero-order chi connectivity index (χ0) is 22.8.